The molecule has 3 aromatic carbocycles. The SMILES string of the molecule is c1ccc(C2CCc3cc(OCCCN4CCN(c5ccccc5)CC4)ccc32)cc1. The summed E-state index contributed by atoms with van der Waals surface area (Å²) in [5.41, 5.74) is 5.72. The van der Waals surface area contributed by atoms with E-state index in [1.54, 1.807) is 0 Å². The van der Waals surface area contributed by atoms with Gasteiger partial charge < -0.3 is 9.64 Å². The lowest BCUT2D eigenvalue weighted by Crippen LogP contribution is -2.46. The number of fused-ring (bicyclic) bond motifs is 1. The van der Waals surface area contributed by atoms with Gasteiger partial charge >= 0.3 is 0 Å². The maximum Gasteiger partial charge on any atom is 0.119 e. The van der Waals surface area contributed by atoms with Gasteiger partial charge in [0.15, 0.2) is 0 Å². The van der Waals surface area contributed by atoms with Crippen LogP contribution < -0.4 is 9.64 Å². The monoisotopic (exact) mass is 412 g/mol. The Balaban J connectivity index is 1.07. The first-order valence-electron chi connectivity index (χ1n) is 11.7. The summed E-state index contributed by atoms with van der Waals surface area (Å²) in [7, 11) is 0. The average molecular weight is 413 g/mol. The first-order valence-corrected chi connectivity index (χ1v) is 11.7. The van der Waals surface area contributed by atoms with Crippen molar-refractivity contribution < 1.29 is 4.74 Å². The van der Waals surface area contributed by atoms with E-state index < -0.39 is 0 Å². The van der Waals surface area contributed by atoms with Crippen molar-refractivity contribution in [1.29, 1.82) is 0 Å². The lowest BCUT2D eigenvalue weighted by Gasteiger charge is -2.36. The minimum Gasteiger partial charge on any atom is -0.494 e. The molecule has 1 fully saturated rings. The number of piperazine rings is 1. The van der Waals surface area contributed by atoms with Crippen molar-refractivity contribution in [2.45, 2.75) is 25.2 Å². The topological polar surface area (TPSA) is 15.7 Å². The maximum atomic E-state index is 6.12. The van der Waals surface area contributed by atoms with E-state index in [4.69, 9.17) is 4.74 Å². The molecule has 2 aliphatic rings. The van der Waals surface area contributed by atoms with Gasteiger partial charge in [-0.15, -0.1) is 0 Å². The molecule has 3 aromatic rings. The molecule has 1 heterocycles. The number of hydrogen-bond acceptors (Lipinski definition) is 3. The van der Waals surface area contributed by atoms with Gasteiger partial charge in [-0.1, -0.05) is 54.6 Å². The zero-order chi connectivity index (χ0) is 20.9. The highest BCUT2D eigenvalue weighted by molar-refractivity contribution is 5.47. The third-order valence-corrected chi connectivity index (χ3v) is 6.78. The van der Waals surface area contributed by atoms with Crippen LogP contribution in [0.15, 0.2) is 78.9 Å². The van der Waals surface area contributed by atoms with E-state index >= 15 is 0 Å². The van der Waals surface area contributed by atoms with Crippen LogP contribution in [0.2, 0.25) is 0 Å². The molecule has 1 aliphatic carbocycles. The molecule has 5 rings (SSSR count). The molecule has 160 valence electrons. The third-order valence-electron chi connectivity index (χ3n) is 6.78. The molecule has 1 atom stereocenters. The van der Waals surface area contributed by atoms with Crippen LogP contribution in [0.5, 0.6) is 5.75 Å². The van der Waals surface area contributed by atoms with Crippen LogP contribution in [0.25, 0.3) is 0 Å². The van der Waals surface area contributed by atoms with E-state index in [1.807, 2.05) is 0 Å². The van der Waals surface area contributed by atoms with E-state index in [0.29, 0.717) is 5.92 Å². The van der Waals surface area contributed by atoms with Crippen molar-refractivity contribution in [3.63, 3.8) is 0 Å². The highest BCUT2D eigenvalue weighted by Gasteiger charge is 2.24. The predicted molar refractivity (Wildman–Crippen MR) is 128 cm³/mol. The molecular weight excluding hydrogens is 380 g/mol. The Morgan fingerprint density at radius 1 is 0.806 bits per heavy atom. The molecule has 0 spiro atoms. The lowest BCUT2D eigenvalue weighted by molar-refractivity contribution is 0.224. The van der Waals surface area contributed by atoms with E-state index in [2.05, 4.69) is 88.7 Å². The molecule has 31 heavy (non-hydrogen) atoms. The largest absolute Gasteiger partial charge is 0.494 e. The van der Waals surface area contributed by atoms with Gasteiger partial charge in [-0.05, 0) is 60.2 Å². The van der Waals surface area contributed by atoms with Crippen LogP contribution in [0.4, 0.5) is 5.69 Å². The number of nitrogens with zero attached hydrogens (tertiary/aromatic N) is 2. The maximum absolute atomic E-state index is 6.12. The van der Waals surface area contributed by atoms with E-state index in [-0.39, 0.29) is 0 Å². The quantitative estimate of drug-likeness (QED) is 0.486. The fraction of sp³-hybridized carbons (Fsp3) is 0.357. The Hall–Kier alpha value is -2.78. The normalized spacial score (nSPS) is 18.7. The van der Waals surface area contributed by atoms with Crippen molar-refractivity contribution >= 4 is 5.69 Å². The molecular formula is C28H32N2O. The van der Waals surface area contributed by atoms with Crippen molar-refractivity contribution in [1.82, 2.24) is 4.90 Å². The zero-order valence-electron chi connectivity index (χ0n) is 18.2. The van der Waals surface area contributed by atoms with Gasteiger partial charge in [0, 0.05) is 44.3 Å². The van der Waals surface area contributed by atoms with Crippen LogP contribution in [0, 0.1) is 0 Å². The van der Waals surface area contributed by atoms with Gasteiger partial charge in [0.1, 0.15) is 5.75 Å². The molecule has 1 saturated heterocycles. The van der Waals surface area contributed by atoms with Gasteiger partial charge in [-0.3, -0.25) is 4.90 Å². The van der Waals surface area contributed by atoms with Crippen LogP contribution in [0.1, 0.15) is 35.4 Å². The molecule has 0 aromatic heterocycles. The molecule has 3 nitrogen and oxygen atoms in total. The molecule has 1 unspecified atom stereocenters. The summed E-state index contributed by atoms with van der Waals surface area (Å²) in [6.07, 6.45) is 3.44. The predicted octanol–water partition coefficient (Wildman–Crippen LogP) is 5.36. The average Bonchev–Trinajstić information content (AvgIpc) is 3.27. The molecule has 3 heteroatoms. The van der Waals surface area contributed by atoms with Crippen LogP contribution in [-0.4, -0.2) is 44.2 Å². The second-order valence-electron chi connectivity index (χ2n) is 8.73. The van der Waals surface area contributed by atoms with Crippen molar-refractivity contribution in [3.05, 3.63) is 95.6 Å². The number of rotatable bonds is 7. The molecule has 0 radical (unpaired) electrons. The highest BCUT2D eigenvalue weighted by Crippen LogP contribution is 2.39. The van der Waals surface area contributed by atoms with Crippen LogP contribution in [-0.2, 0) is 6.42 Å². The van der Waals surface area contributed by atoms with Gasteiger partial charge in [0.05, 0.1) is 6.61 Å². The molecule has 0 N–H and O–H groups in total. The Labute approximate surface area is 186 Å². The summed E-state index contributed by atoms with van der Waals surface area (Å²) < 4.78 is 6.12. The summed E-state index contributed by atoms with van der Waals surface area (Å²) in [5, 5.41) is 0. The van der Waals surface area contributed by atoms with Gasteiger partial charge in [-0.2, -0.15) is 0 Å². The highest BCUT2D eigenvalue weighted by atomic mass is 16.5. The Bertz CT molecular complexity index is 965. The second-order valence-corrected chi connectivity index (χ2v) is 8.73. The van der Waals surface area contributed by atoms with Gasteiger partial charge in [0.25, 0.3) is 0 Å². The van der Waals surface area contributed by atoms with Crippen molar-refractivity contribution in [2.24, 2.45) is 0 Å². The number of benzene rings is 3. The minimum atomic E-state index is 0.541. The molecule has 1 aliphatic heterocycles. The van der Waals surface area contributed by atoms with E-state index in [1.165, 1.54) is 28.8 Å². The minimum absolute atomic E-state index is 0.541. The van der Waals surface area contributed by atoms with Gasteiger partial charge in [0.2, 0.25) is 0 Å². The zero-order valence-corrected chi connectivity index (χ0v) is 18.2. The van der Waals surface area contributed by atoms with E-state index in [0.717, 1.165) is 57.9 Å². The van der Waals surface area contributed by atoms with E-state index in [9.17, 15) is 0 Å². The summed E-state index contributed by atoms with van der Waals surface area (Å²) in [5.74, 6) is 1.57. The summed E-state index contributed by atoms with van der Waals surface area (Å²) >= 11 is 0. The summed E-state index contributed by atoms with van der Waals surface area (Å²) in [6, 6.07) is 28.4. The molecule has 0 bridgehead atoms. The number of anilines is 1. The Morgan fingerprint density at radius 3 is 2.32 bits per heavy atom. The van der Waals surface area contributed by atoms with Crippen LogP contribution in [0.3, 0.4) is 0 Å². The fourth-order valence-corrected chi connectivity index (χ4v) is 5.06. The fourth-order valence-electron chi connectivity index (χ4n) is 5.06. The number of hydrogen-bond donors (Lipinski definition) is 0. The lowest BCUT2D eigenvalue weighted by atomic mass is 9.93. The Kier molecular flexibility index (Phi) is 6.22. The smallest absolute Gasteiger partial charge is 0.119 e. The summed E-state index contributed by atoms with van der Waals surface area (Å²) in [4.78, 5) is 5.05. The second kappa shape index (κ2) is 9.57. The first kappa shape index (κ1) is 20.1. The number of ether oxygens (including phenoxy) is 1. The third kappa shape index (κ3) is 4.77. The Morgan fingerprint density at radius 2 is 1.55 bits per heavy atom. The standard InChI is InChI=1S/C28H32N2O/c1-3-8-23(9-4-1)27-14-12-24-22-26(13-15-28(24)27)31-21-7-16-29-17-19-30(20-18-29)25-10-5-2-6-11-25/h1-6,8-11,13,15,22,27H,7,12,14,16-21H2. The van der Waals surface area contributed by atoms with Gasteiger partial charge in [-0.25, -0.2) is 0 Å². The van der Waals surface area contributed by atoms with Crippen molar-refractivity contribution in [3.8, 4) is 5.75 Å². The van der Waals surface area contributed by atoms with Crippen LogP contribution >= 0.6 is 0 Å². The van der Waals surface area contributed by atoms with Crippen molar-refractivity contribution in [2.75, 3.05) is 44.2 Å². The molecule has 0 amide bonds. The first-order chi connectivity index (χ1) is 15.4. The molecule has 0 saturated carbocycles. The number of aryl methyl sites for hydroxylation is 1. The number of para-hydroxylation sites is 1. The summed E-state index contributed by atoms with van der Waals surface area (Å²) in [6.45, 7) is 6.39.